The van der Waals surface area contributed by atoms with Crippen molar-refractivity contribution in [2.75, 3.05) is 4.72 Å². The number of hydrogen-bond donors (Lipinski definition) is 2. The first-order valence-electron chi connectivity index (χ1n) is 5.71. The van der Waals surface area contributed by atoms with Gasteiger partial charge in [-0.3, -0.25) is 4.72 Å². The Bertz CT molecular complexity index is 781. The number of halogens is 3. The number of rotatable bonds is 4. The van der Waals surface area contributed by atoms with Gasteiger partial charge in [0.1, 0.15) is 4.90 Å². The smallest absolute Gasteiger partial charge is 0.263 e. The summed E-state index contributed by atoms with van der Waals surface area (Å²) in [6.07, 6.45) is 0. The van der Waals surface area contributed by atoms with E-state index < -0.39 is 27.3 Å². The number of nitrogens with one attached hydrogen (secondary N) is 1. The number of sulfonamides is 1. The van der Waals surface area contributed by atoms with Gasteiger partial charge in [0, 0.05) is 4.47 Å². The van der Waals surface area contributed by atoms with E-state index in [1.807, 2.05) is 4.72 Å². The molecule has 0 unspecified atom stereocenters. The highest BCUT2D eigenvalue weighted by Gasteiger charge is 2.20. The Morgan fingerprint density at radius 2 is 1.90 bits per heavy atom. The molecule has 21 heavy (non-hydrogen) atoms. The van der Waals surface area contributed by atoms with Crippen LogP contribution in [-0.2, 0) is 16.6 Å². The van der Waals surface area contributed by atoms with Gasteiger partial charge in [-0.25, -0.2) is 17.2 Å². The van der Waals surface area contributed by atoms with E-state index in [0.717, 1.165) is 12.1 Å². The largest absolute Gasteiger partial charge is 0.392 e. The zero-order chi connectivity index (χ0) is 15.6. The van der Waals surface area contributed by atoms with E-state index in [9.17, 15) is 17.2 Å². The van der Waals surface area contributed by atoms with Gasteiger partial charge in [0.15, 0.2) is 11.6 Å². The molecule has 0 bridgehead atoms. The molecule has 0 saturated heterocycles. The molecule has 0 aliphatic heterocycles. The molecule has 0 aliphatic carbocycles. The summed E-state index contributed by atoms with van der Waals surface area (Å²) in [5.41, 5.74) is -0.116. The minimum absolute atomic E-state index is 0.183. The molecule has 0 aliphatic rings. The fourth-order valence-corrected chi connectivity index (χ4v) is 3.71. The Labute approximate surface area is 128 Å². The lowest BCUT2D eigenvalue weighted by molar-refractivity contribution is 0.281. The van der Waals surface area contributed by atoms with Gasteiger partial charge in [-0.05, 0) is 45.8 Å². The minimum atomic E-state index is -4.13. The fourth-order valence-electron chi connectivity index (χ4n) is 1.63. The molecular formula is C13H10BrF2NO3S. The maximum absolute atomic E-state index is 13.5. The molecule has 2 N–H and O–H groups in total. The second-order valence-electron chi connectivity index (χ2n) is 4.13. The van der Waals surface area contributed by atoms with Crippen LogP contribution in [0.5, 0.6) is 0 Å². The highest BCUT2D eigenvalue weighted by atomic mass is 79.9. The molecule has 0 fully saturated rings. The van der Waals surface area contributed by atoms with E-state index >= 15 is 0 Å². The van der Waals surface area contributed by atoms with Gasteiger partial charge >= 0.3 is 0 Å². The molecule has 2 rings (SSSR count). The molecule has 0 amide bonds. The van der Waals surface area contributed by atoms with Crippen molar-refractivity contribution in [3.05, 3.63) is 58.1 Å². The lowest BCUT2D eigenvalue weighted by atomic mass is 10.2. The molecule has 0 spiro atoms. The Hall–Kier alpha value is -1.51. The van der Waals surface area contributed by atoms with E-state index in [2.05, 4.69) is 15.9 Å². The normalized spacial score (nSPS) is 11.4. The Morgan fingerprint density at radius 1 is 1.19 bits per heavy atom. The summed E-state index contributed by atoms with van der Waals surface area (Å²) >= 11 is 3.07. The summed E-state index contributed by atoms with van der Waals surface area (Å²) in [7, 11) is -4.13. The summed E-state index contributed by atoms with van der Waals surface area (Å²) < 4.78 is 53.3. The van der Waals surface area contributed by atoms with Crippen molar-refractivity contribution in [1.29, 1.82) is 0 Å². The third-order valence-electron chi connectivity index (χ3n) is 2.66. The second-order valence-corrected chi connectivity index (χ2v) is 6.63. The van der Waals surface area contributed by atoms with Crippen molar-refractivity contribution in [1.82, 2.24) is 0 Å². The average molecular weight is 378 g/mol. The van der Waals surface area contributed by atoms with E-state index in [4.69, 9.17) is 5.11 Å². The highest BCUT2D eigenvalue weighted by Crippen LogP contribution is 2.27. The van der Waals surface area contributed by atoms with E-state index in [0.29, 0.717) is 5.56 Å². The van der Waals surface area contributed by atoms with Crippen molar-refractivity contribution in [3.8, 4) is 0 Å². The first kappa shape index (κ1) is 15.9. The first-order valence-corrected chi connectivity index (χ1v) is 7.99. The van der Waals surface area contributed by atoms with Crippen molar-refractivity contribution < 1.29 is 22.3 Å². The lowest BCUT2D eigenvalue weighted by Gasteiger charge is -2.11. The number of aliphatic hydroxyl groups excluding tert-OH is 1. The molecule has 112 valence electrons. The van der Waals surface area contributed by atoms with Crippen LogP contribution >= 0.6 is 15.9 Å². The SMILES string of the molecule is O=S(=O)(Nc1cccc(F)c1F)c1cc(CO)ccc1Br. The van der Waals surface area contributed by atoms with Gasteiger partial charge in [-0.15, -0.1) is 0 Å². The first-order chi connectivity index (χ1) is 9.85. The third-order valence-corrected chi connectivity index (χ3v) is 5.02. The van der Waals surface area contributed by atoms with Crippen LogP contribution in [0.4, 0.5) is 14.5 Å². The van der Waals surface area contributed by atoms with Gasteiger partial charge in [0.2, 0.25) is 0 Å². The summed E-state index contributed by atoms with van der Waals surface area (Å²) in [6, 6.07) is 7.40. The molecule has 0 radical (unpaired) electrons. The van der Waals surface area contributed by atoms with Gasteiger partial charge in [-0.2, -0.15) is 0 Å². The summed E-state index contributed by atoms with van der Waals surface area (Å²) in [4.78, 5) is -0.183. The molecule has 0 aromatic heterocycles. The van der Waals surface area contributed by atoms with Crippen molar-refractivity contribution in [2.45, 2.75) is 11.5 Å². The molecule has 2 aromatic carbocycles. The van der Waals surface area contributed by atoms with Gasteiger partial charge in [0.25, 0.3) is 10.0 Å². The van der Waals surface area contributed by atoms with Crippen LogP contribution in [-0.4, -0.2) is 13.5 Å². The lowest BCUT2D eigenvalue weighted by Crippen LogP contribution is -2.15. The van der Waals surface area contributed by atoms with E-state index in [1.54, 1.807) is 0 Å². The van der Waals surface area contributed by atoms with Crippen molar-refractivity contribution >= 4 is 31.6 Å². The Morgan fingerprint density at radius 3 is 2.57 bits per heavy atom. The van der Waals surface area contributed by atoms with Crippen LogP contribution in [0, 0.1) is 11.6 Å². The number of hydrogen-bond acceptors (Lipinski definition) is 3. The molecule has 8 heteroatoms. The molecule has 4 nitrogen and oxygen atoms in total. The third kappa shape index (κ3) is 3.39. The predicted molar refractivity (Wildman–Crippen MR) is 77.2 cm³/mol. The van der Waals surface area contributed by atoms with Gasteiger partial charge < -0.3 is 5.11 Å². The standard InChI is InChI=1S/C13H10BrF2NO3S/c14-9-5-4-8(7-18)6-12(9)21(19,20)17-11-3-1-2-10(15)13(11)16/h1-6,17-18H,7H2. The number of benzene rings is 2. The van der Waals surface area contributed by atoms with Crippen LogP contribution in [0.15, 0.2) is 45.8 Å². The maximum Gasteiger partial charge on any atom is 0.263 e. The molecular weight excluding hydrogens is 368 g/mol. The van der Waals surface area contributed by atoms with Gasteiger partial charge in [-0.1, -0.05) is 12.1 Å². The fraction of sp³-hybridized carbons (Fsp3) is 0.0769. The zero-order valence-electron chi connectivity index (χ0n) is 10.5. The Kier molecular flexibility index (Phi) is 4.60. The van der Waals surface area contributed by atoms with Crippen molar-refractivity contribution in [3.63, 3.8) is 0 Å². The summed E-state index contributed by atoms with van der Waals surface area (Å²) in [6.45, 7) is -0.343. The average Bonchev–Trinajstić information content (AvgIpc) is 2.44. The van der Waals surface area contributed by atoms with Crippen LogP contribution in [0.3, 0.4) is 0 Å². The number of anilines is 1. The monoisotopic (exact) mass is 377 g/mol. The van der Waals surface area contributed by atoms with Crippen LogP contribution in [0.2, 0.25) is 0 Å². The summed E-state index contributed by atoms with van der Waals surface area (Å²) in [5.74, 6) is -2.44. The minimum Gasteiger partial charge on any atom is -0.392 e. The van der Waals surface area contributed by atoms with Crippen LogP contribution in [0.25, 0.3) is 0 Å². The van der Waals surface area contributed by atoms with E-state index in [-0.39, 0.29) is 16.0 Å². The summed E-state index contributed by atoms with van der Waals surface area (Å²) in [5, 5.41) is 9.05. The molecule has 0 atom stereocenters. The second kappa shape index (κ2) is 6.08. The Balaban J connectivity index is 2.46. The molecule has 2 aromatic rings. The predicted octanol–water partition coefficient (Wildman–Crippen LogP) is 3.02. The molecule has 0 heterocycles. The highest BCUT2D eigenvalue weighted by molar-refractivity contribution is 9.10. The topological polar surface area (TPSA) is 66.4 Å². The maximum atomic E-state index is 13.5. The van der Waals surface area contributed by atoms with E-state index in [1.165, 1.54) is 24.3 Å². The quantitative estimate of drug-likeness (QED) is 0.860. The number of aliphatic hydroxyl groups is 1. The van der Waals surface area contributed by atoms with Crippen LogP contribution < -0.4 is 4.72 Å². The zero-order valence-corrected chi connectivity index (χ0v) is 12.9. The molecule has 0 saturated carbocycles. The van der Waals surface area contributed by atoms with Crippen molar-refractivity contribution in [2.24, 2.45) is 0 Å². The van der Waals surface area contributed by atoms with Crippen LogP contribution in [0.1, 0.15) is 5.56 Å². The van der Waals surface area contributed by atoms with Gasteiger partial charge in [0.05, 0.1) is 12.3 Å².